The van der Waals surface area contributed by atoms with Gasteiger partial charge in [0.2, 0.25) is 0 Å². The molecule has 2 aromatic heterocycles. The van der Waals surface area contributed by atoms with Gasteiger partial charge in [-0.15, -0.1) is 10.2 Å². The largest absolute Gasteiger partial charge is 0.416 e. The van der Waals surface area contributed by atoms with Crippen molar-refractivity contribution in [2.24, 2.45) is 0 Å². The number of hydrogen-bond donors (Lipinski definition) is 0. The second kappa shape index (κ2) is 14.0. The Kier molecular flexibility index (Phi) is 9.64. The lowest BCUT2D eigenvalue weighted by Gasteiger charge is -2.18. The number of benzene rings is 3. The van der Waals surface area contributed by atoms with Crippen LogP contribution in [0.5, 0.6) is 0 Å². The summed E-state index contributed by atoms with van der Waals surface area (Å²) in [5.41, 5.74) is 3.83. The molecule has 0 spiro atoms. The molecule has 1 aliphatic rings. The maximum Gasteiger partial charge on any atom is 0.416 e. The lowest BCUT2D eigenvalue weighted by Crippen LogP contribution is -2.23. The maximum atomic E-state index is 13.5. The van der Waals surface area contributed by atoms with Crippen LogP contribution in [-0.4, -0.2) is 37.2 Å². The van der Waals surface area contributed by atoms with Gasteiger partial charge < -0.3 is 18.7 Å². The van der Waals surface area contributed by atoms with Crippen LogP contribution in [0, 0.1) is 5.82 Å². The first-order valence-electron chi connectivity index (χ1n) is 14.9. The number of aldehydes is 1. The van der Waals surface area contributed by atoms with E-state index in [0.717, 1.165) is 40.9 Å². The number of thioether (sulfide) groups is 1. The van der Waals surface area contributed by atoms with E-state index < -0.39 is 11.7 Å². The fourth-order valence-corrected chi connectivity index (χ4v) is 6.51. The van der Waals surface area contributed by atoms with Crippen LogP contribution in [0.15, 0.2) is 82.7 Å². The van der Waals surface area contributed by atoms with E-state index in [1.807, 2.05) is 33.4 Å². The molecule has 242 valence electrons. The van der Waals surface area contributed by atoms with E-state index in [0.29, 0.717) is 59.4 Å². The van der Waals surface area contributed by atoms with Crippen molar-refractivity contribution in [3.63, 3.8) is 0 Å². The van der Waals surface area contributed by atoms with E-state index in [4.69, 9.17) is 4.74 Å². The monoisotopic (exact) mass is 663 g/mol. The summed E-state index contributed by atoms with van der Waals surface area (Å²) in [6.07, 6.45) is -1.55. The van der Waals surface area contributed by atoms with Gasteiger partial charge in [-0.1, -0.05) is 60.3 Å². The highest BCUT2D eigenvalue weighted by Gasteiger charge is 2.30. The molecule has 0 atom stereocenters. The number of carbonyl (C=O) groups is 1. The lowest BCUT2D eigenvalue weighted by molar-refractivity contribution is -0.137. The molecule has 2 heterocycles. The Morgan fingerprint density at radius 3 is 2.17 bits per heavy atom. The fourth-order valence-electron chi connectivity index (χ4n) is 5.54. The summed E-state index contributed by atoms with van der Waals surface area (Å²) in [5.74, 6) is 1.24. The molecule has 0 radical (unpaired) electrons. The topological polar surface area (TPSA) is 91.9 Å². The van der Waals surface area contributed by atoms with Crippen molar-refractivity contribution in [1.29, 1.82) is 0 Å². The molecule has 13 heteroatoms. The maximum absolute atomic E-state index is 13.5. The van der Waals surface area contributed by atoms with Gasteiger partial charge in [0, 0.05) is 17.0 Å². The molecule has 1 aliphatic carbocycles. The number of fused-ring (bicyclic) bond motifs is 1. The van der Waals surface area contributed by atoms with Crippen LogP contribution >= 0.6 is 11.8 Å². The predicted octanol–water partition coefficient (Wildman–Crippen LogP) is 6.25. The number of carbonyl (C=O) groups excluding carboxylic acids is 1. The average molecular weight is 664 g/mol. The molecule has 6 rings (SSSR count). The van der Waals surface area contributed by atoms with Crippen LogP contribution < -0.4 is 5.56 Å². The summed E-state index contributed by atoms with van der Waals surface area (Å²) in [7, 11) is 0. The first-order chi connectivity index (χ1) is 22.7. The van der Waals surface area contributed by atoms with Crippen molar-refractivity contribution in [2.45, 2.75) is 56.0 Å². The zero-order valence-corrected chi connectivity index (χ0v) is 25.9. The van der Waals surface area contributed by atoms with Crippen molar-refractivity contribution in [1.82, 2.24) is 24.3 Å². The minimum absolute atomic E-state index is 0.0437. The Morgan fingerprint density at radius 1 is 0.830 bits per heavy atom. The highest BCUT2D eigenvalue weighted by atomic mass is 32.2. The summed E-state index contributed by atoms with van der Waals surface area (Å²) in [6, 6.07) is 18.7. The van der Waals surface area contributed by atoms with Crippen molar-refractivity contribution < 1.29 is 27.1 Å². The summed E-state index contributed by atoms with van der Waals surface area (Å²) < 4.78 is 61.9. The van der Waals surface area contributed by atoms with Gasteiger partial charge in [0.05, 0.1) is 18.7 Å². The number of halogens is 4. The van der Waals surface area contributed by atoms with Gasteiger partial charge in [-0.3, -0.25) is 4.79 Å². The van der Waals surface area contributed by atoms with Gasteiger partial charge in [0.25, 0.3) is 5.56 Å². The molecule has 0 bridgehead atoms. The van der Waals surface area contributed by atoms with Gasteiger partial charge in [0.1, 0.15) is 25.3 Å². The van der Waals surface area contributed by atoms with Crippen molar-refractivity contribution in [3.8, 4) is 11.1 Å². The van der Waals surface area contributed by atoms with Gasteiger partial charge in [0.15, 0.2) is 16.8 Å². The third-order valence-electron chi connectivity index (χ3n) is 7.94. The standard InChI is InChI=1S/C34H29F4N5O3S/c35-27-14-6-23(7-15-27)21-47-33-39-32(45)28-2-1-3-29(28)42(33)19-30-40-41-31(20-46-17-16-44)43(30)18-22-4-8-24(9-5-22)25-10-12-26(13-11-25)34(36,37)38/h4-16H,1-3,17-21H2. The number of hydrogen-bond acceptors (Lipinski definition) is 7. The number of aromatic nitrogens is 5. The number of ether oxygens (including phenoxy) is 1. The van der Waals surface area contributed by atoms with Crippen LogP contribution in [-0.2, 0) is 54.0 Å². The summed E-state index contributed by atoms with van der Waals surface area (Å²) in [6.45, 7) is 0.558. The molecule has 5 aromatic rings. The highest BCUT2D eigenvalue weighted by Crippen LogP contribution is 2.31. The van der Waals surface area contributed by atoms with E-state index in [2.05, 4.69) is 15.2 Å². The van der Waals surface area contributed by atoms with Crippen LogP contribution in [0.4, 0.5) is 17.6 Å². The van der Waals surface area contributed by atoms with Gasteiger partial charge in [-0.05, 0) is 65.8 Å². The molecule has 0 amide bonds. The molecular weight excluding hydrogens is 634 g/mol. The Hall–Kier alpha value is -4.62. The van der Waals surface area contributed by atoms with E-state index in [1.165, 1.54) is 36.0 Å². The normalized spacial score (nSPS) is 12.8. The van der Waals surface area contributed by atoms with Crippen molar-refractivity contribution >= 4 is 18.0 Å². The fraction of sp³-hybridized carbons (Fsp3) is 0.265. The molecule has 0 saturated carbocycles. The molecule has 0 N–H and O–H groups in total. The number of rotatable bonds is 12. The highest BCUT2D eigenvalue weighted by molar-refractivity contribution is 7.98. The van der Waals surface area contributed by atoms with E-state index in [9.17, 15) is 27.2 Å². The summed E-state index contributed by atoms with van der Waals surface area (Å²) in [5, 5.41) is 9.35. The third kappa shape index (κ3) is 7.52. The molecule has 0 aliphatic heterocycles. The predicted molar refractivity (Wildman–Crippen MR) is 167 cm³/mol. The molecular formula is C34H29F4N5O3S. The van der Waals surface area contributed by atoms with Gasteiger partial charge in [-0.25, -0.2) is 4.39 Å². The quantitative estimate of drug-likeness (QED) is 0.0512. The van der Waals surface area contributed by atoms with Crippen molar-refractivity contribution in [3.05, 3.63) is 129 Å². The first-order valence-corrected chi connectivity index (χ1v) is 15.9. The van der Waals surface area contributed by atoms with Gasteiger partial charge >= 0.3 is 6.18 Å². The Bertz CT molecular complexity index is 1920. The lowest BCUT2D eigenvalue weighted by atomic mass is 10.0. The van der Waals surface area contributed by atoms with Crippen LogP contribution in [0.25, 0.3) is 11.1 Å². The molecule has 47 heavy (non-hydrogen) atoms. The second-order valence-electron chi connectivity index (χ2n) is 11.1. The Labute approximate surface area is 271 Å². The zero-order valence-electron chi connectivity index (χ0n) is 25.0. The average Bonchev–Trinajstić information content (AvgIpc) is 3.71. The number of alkyl halides is 3. The van der Waals surface area contributed by atoms with Crippen LogP contribution in [0.1, 0.15) is 46.0 Å². The smallest absolute Gasteiger partial charge is 0.366 e. The SMILES string of the molecule is O=CCOCc1nnc(Cn2c(SCc3ccc(F)cc3)nc(=O)c3c2CCC3)n1Cc1ccc(-c2ccc(C(F)(F)F)cc2)cc1. The first kappa shape index (κ1) is 32.3. The Morgan fingerprint density at radius 2 is 1.49 bits per heavy atom. The van der Waals surface area contributed by atoms with E-state index >= 15 is 0 Å². The van der Waals surface area contributed by atoms with Crippen LogP contribution in [0.2, 0.25) is 0 Å². The van der Waals surface area contributed by atoms with E-state index in [1.54, 1.807) is 12.1 Å². The summed E-state index contributed by atoms with van der Waals surface area (Å²) in [4.78, 5) is 28.3. The van der Waals surface area contributed by atoms with Crippen LogP contribution in [0.3, 0.4) is 0 Å². The molecule has 0 saturated heterocycles. The van der Waals surface area contributed by atoms with E-state index in [-0.39, 0.29) is 31.1 Å². The third-order valence-corrected chi connectivity index (χ3v) is 8.99. The molecule has 0 unspecified atom stereocenters. The second-order valence-corrected chi connectivity index (χ2v) is 12.0. The Balaban J connectivity index is 1.29. The number of nitrogens with zero attached hydrogens (tertiary/aromatic N) is 5. The summed E-state index contributed by atoms with van der Waals surface area (Å²) >= 11 is 1.39. The zero-order chi connectivity index (χ0) is 33.0. The van der Waals surface area contributed by atoms with Crippen molar-refractivity contribution in [2.75, 3.05) is 6.61 Å². The molecule has 8 nitrogen and oxygen atoms in total. The minimum Gasteiger partial charge on any atom is -0.366 e. The van der Waals surface area contributed by atoms with Gasteiger partial charge in [-0.2, -0.15) is 18.2 Å². The molecule has 3 aromatic carbocycles. The molecule has 0 fully saturated rings. The minimum atomic E-state index is -4.40.